The summed E-state index contributed by atoms with van der Waals surface area (Å²) in [5.41, 5.74) is 6.18. The molecule has 0 saturated heterocycles. The average molecular weight is 352 g/mol. The number of hydrogen-bond donors (Lipinski definition) is 1. The molecule has 0 aliphatic rings. The molecule has 0 saturated carbocycles. The Morgan fingerprint density at radius 1 is 0.815 bits per heavy atom. The highest BCUT2D eigenvalue weighted by Gasteiger charge is 2.15. The van der Waals surface area contributed by atoms with Crippen LogP contribution in [-0.2, 0) is 0 Å². The molecule has 1 N–H and O–H groups in total. The van der Waals surface area contributed by atoms with Gasteiger partial charge in [0.15, 0.2) is 0 Å². The zero-order valence-electron chi connectivity index (χ0n) is 15.4. The molecular weight excluding hydrogens is 332 g/mol. The van der Waals surface area contributed by atoms with Crippen molar-refractivity contribution >= 4 is 22.5 Å². The number of carbonyl (C=O) groups excluding carboxylic acids is 1. The van der Waals surface area contributed by atoms with Crippen LogP contribution in [0, 0.1) is 13.8 Å². The maximum Gasteiger partial charge on any atom is 0.256 e. The minimum absolute atomic E-state index is 0.125. The Bertz CT molecular complexity index is 1130. The number of amides is 1. The lowest BCUT2D eigenvalue weighted by atomic mass is 10.0. The van der Waals surface area contributed by atoms with Crippen molar-refractivity contribution in [1.82, 2.24) is 4.98 Å². The number of aryl methyl sites for hydroxylation is 2. The van der Waals surface area contributed by atoms with Gasteiger partial charge >= 0.3 is 0 Å². The van der Waals surface area contributed by atoms with E-state index < -0.39 is 0 Å². The normalized spacial score (nSPS) is 10.7. The Morgan fingerprint density at radius 2 is 1.52 bits per heavy atom. The van der Waals surface area contributed by atoms with Crippen molar-refractivity contribution < 1.29 is 4.79 Å². The summed E-state index contributed by atoms with van der Waals surface area (Å²) < 4.78 is 0. The second kappa shape index (κ2) is 7.04. The van der Waals surface area contributed by atoms with E-state index in [0.29, 0.717) is 5.56 Å². The zero-order valence-corrected chi connectivity index (χ0v) is 15.4. The summed E-state index contributed by atoms with van der Waals surface area (Å²) >= 11 is 0. The van der Waals surface area contributed by atoms with E-state index in [9.17, 15) is 4.79 Å². The number of nitrogens with zero attached hydrogens (tertiary/aromatic N) is 1. The number of hydrogen-bond acceptors (Lipinski definition) is 2. The summed E-state index contributed by atoms with van der Waals surface area (Å²) in [6.07, 6.45) is 0. The van der Waals surface area contributed by atoms with E-state index in [0.717, 1.165) is 39.0 Å². The predicted octanol–water partition coefficient (Wildman–Crippen LogP) is 5.77. The first kappa shape index (κ1) is 17.0. The van der Waals surface area contributed by atoms with Crippen LogP contribution in [0.3, 0.4) is 0 Å². The van der Waals surface area contributed by atoms with Crippen LogP contribution < -0.4 is 5.32 Å². The third kappa shape index (κ3) is 3.32. The van der Waals surface area contributed by atoms with Crippen LogP contribution in [0.5, 0.6) is 0 Å². The molecule has 1 amide bonds. The van der Waals surface area contributed by atoms with E-state index in [1.165, 1.54) is 0 Å². The van der Waals surface area contributed by atoms with Crippen LogP contribution in [0.25, 0.3) is 22.2 Å². The van der Waals surface area contributed by atoms with E-state index in [1.807, 2.05) is 92.7 Å². The van der Waals surface area contributed by atoms with Gasteiger partial charge in [0.25, 0.3) is 5.91 Å². The molecule has 0 aliphatic carbocycles. The first-order valence-electron chi connectivity index (χ1n) is 8.96. The SMILES string of the molecule is Cc1ccccc1NC(=O)c1cc(-c2ccccc2)nc2c(C)cccc12. The number of carbonyl (C=O) groups is 1. The van der Waals surface area contributed by atoms with Crippen molar-refractivity contribution in [3.8, 4) is 11.3 Å². The molecule has 1 heterocycles. The van der Waals surface area contributed by atoms with Crippen molar-refractivity contribution in [2.45, 2.75) is 13.8 Å². The fourth-order valence-electron chi connectivity index (χ4n) is 3.24. The predicted molar refractivity (Wildman–Crippen MR) is 111 cm³/mol. The van der Waals surface area contributed by atoms with Crippen molar-refractivity contribution in [2.24, 2.45) is 0 Å². The van der Waals surface area contributed by atoms with E-state index in [1.54, 1.807) is 0 Å². The second-order valence-corrected chi connectivity index (χ2v) is 6.66. The quantitative estimate of drug-likeness (QED) is 0.508. The van der Waals surface area contributed by atoms with Crippen molar-refractivity contribution in [1.29, 1.82) is 0 Å². The molecule has 0 spiro atoms. The lowest BCUT2D eigenvalue weighted by Gasteiger charge is -2.13. The van der Waals surface area contributed by atoms with Gasteiger partial charge in [0.05, 0.1) is 16.8 Å². The Hall–Kier alpha value is -3.46. The van der Waals surface area contributed by atoms with E-state index in [-0.39, 0.29) is 5.91 Å². The van der Waals surface area contributed by atoms with E-state index in [2.05, 4.69) is 5.32 Å². The van der Waals surface area contributed by atoms with Crippen molar-refractivity contribution in [2.75, 3.05) is 5.32 Å². The number of nitrogens with one attached hydrogen (secondary N) is 1. The molecule has 0 bridgehead atoms. The fraction of sp³-hybridized carbons (Fsp3) is 0.0833. The lowest BCUT2D eigenvalue weighted by molar-refractivity contribution is 0.102. The summed E-state index contributed by atoms with van der Waals surface area (Å²) in [5.74, 6) is -0.125. The van der Waals surface area contributed by atoms with Gasteiger partial charge in [-0.05, 0) is 37.1 Å². The van der Waals surface area contributed by atoms with Gasteiger partial charge in [0, 0.05) is 16.6 Å². The molecule has 0 atom stereocenters. The number of anilines is 1. The van der Waals surface area contributed by atoms with Crippen LogP contribution in [0.15, 0.2) is 78.9 Å². The van der Waals surface area contributed by atoms with Crippen LogP contribution in [0.1, 0.15) is 21.5 Å². The molecule has 0 unspecified atom stereocenters. The van der Waals surface area contributed by atoms with Gasteiger partial charge in [-0.15, -0.1) is 0 Å². The average Bonchev–Trinajstić information content (AvgIpc) is 2.70. The Balaban J connectivity index is 1.87. The van der Waals surface area contributed by atoms with Crippen LogP contribution in [0.4, 0.5) is 5.69 Å². The highest BCUT2D eigenvalue weighted by molar-refractivity contribution is 6.13. The third-order valence-electron chi connectivity index (χ3n) is 4.75. The largest absolute Gasteiger partial charge is 0.322 e. The van der Waals surface area contributed by atoms with Crippen molar-refractivity contribution in [3.63, 3.8) is 0 Å². The molecular formula is C24H20N2O. The smallest absolute Gasteiger partial charge is 0.256 e. The summed E-state index contributed by atoms with van der Waals surface area (Å²) in [5, 5.41) is 3.91. The Kier molecular flexibility index (Phi) is 4.43. The Labute approximate surface area is 158 Å². The van der Waals surface area contributed by atoms with Gasteiger partial charge in [-0.25, -0.2) is 4.98 Å². The van der Waals surface area contributed by atoms with E-state index >= 15 is 0 Å². The molecule has 4 rings (SSSR count). The summed E-state index contributed by atoms with van der Waals surface area (Å²) in [4.78, 5) is 18.0. The van der Waals surface area contributed by atoms with Gasteiger partial charge in [-0.2, -0.15) is 0 Å². The maximum atomic E-state index is 13.1. The molecule has 132 valence electrons. The summed E-state index contributed by atoms with van der Waals surface area (Å²) in [6, 6.07) is 25.6. The molecule has 0 aliphatic heterocycles. The summed E-state index contributed by atoms with van der Waals surface area (Å²) in [6.45, 7) is 4.01. The van der Waals surface area contributed by atoms with Gasteiger partial charge in [-0.3, -0.25) is 4.79 Å². The van der Waals surface area contributed by atoms with Gasteiger partial charge in [-0.1, -0.05) is 66.7 Å². The molecule has 27 heavy (non-hydrogen) atoms. The monoisotopic (exact) mass is 352 g/mol. The molecule has 0 radical (unpaired) electrons. The van der Waals surface area contributed by atoms with Gasteiger partial charge in [0.1, 0.15) is 0 Å². The number of benzene rings is 3. The molecule has 3 heteroatoms. The highest BCUT2D eigenvalue weighted by atomic mass is 16.1. The topological polar surface area (TPSA) is 42.0 Å². The second-order valence-electron chi connectivity index (χ2n) is 6.66. The first-order chi connectivity index (χ1) is 13.1. The van der Waals surface area contributed by atoms with Gasteiger partial charge < -0.3 is 5.32 Å². The Morgan fingerprint density at radius 3 is 2.30 bits per heavy atom. The number of para-hydroxylation sites is 2. The molecule has 0 fully saturated rings. The molecule has 4 aromatic rings. The van der Waals surface area contributed by atoms with Gasteiger partial charge in [0.2, 0.25) is 0 Å². The van der Waals surface area contributed by atoms with Crippen LogP contribution in [-0.4, -0.2) is 10.9 Å². The third-order valence-corrected chi connectivity index (χ3v) is 4.75. The molecule has 1 aromatic heterocycles. The van der Waals surface area contributed by atoms with Crippen molar-refractivity contribution in [3.05, 3.63) is 95.6 Å². The maximum absolute atomic E-state index is 13.1. The van der Waals surface area contributed by atoms with E-state index in [4.69, 9.17) is 4.98 Å². The number of fused-ring (bicyclic) bond motifs is 1. The zero-order chi connectivity index (χ0) is 18.8. The summed E-state index contributed by atoms with van der Waals surface area (Å²) in [7, 11) is 0. The molecule has 3 aromatic carbocycles. The van der Waals surface area contributed by atoms with Crippen LogP contribution in [0.2, 0.25) is 0 Å². The number of rotatable bonds is 3. The minimum atomic E-state index is -0.125. The highest BCUT2D eigenvalue weighted by Crippen LogP contribution is 2.27. The number of aromatic nitrogens is 1. The lowest BCUT2D eigenvalue weighted by Crippen LogP contribution is -2.14. The molecule has 3 nitrogen and oxygen atoms in total. The fourth-order valence-corrected chi connectivity index (χ4v) is 3.24. The number of pyridine rings is 1. The first-order valence-corrected chi connectivity index (χ1v) is 8.96. The standard InChI is InChI=1S/C24H20N2O/c1-16-9-6-7-14-21(16)26-24(27)20-15-22(18-11-4-3-5-12-18)25-23-17(2)10-8-13-19(20)23/h3-15H,1-2H3,(H,26,27). The van der Waals surface area contributed by atoms with Crippen LogP contribution >= 0.6 is 0 Å². The minimum Gasteiger partial charge on any atom is -0.322 e.